The minimum Gasteiger partial charge on any atom is -0.495 e. The van der Waals surface area contributed by atoms with Crippen LogP contribution in [0.1, 0.15) is 46.5 Å². The molecule has 2 aromatic carbocycles. The van der Waals surface area contributed by atoms with E-state index in [1.54, 1.807) is 51.2 Å². The Morgan fingerprint density at radius 3 is 2.44 bits per heavy atom. The molecular weight excluding hydrogens is 691 g/mol. The molecule has 3 fully saturated rings. The fraction of sp³-hybridized carbons (Fsp3) is 0.432. The number of hydrogen-bond acceptors (Lipinski definition) is 10. The molecule has 2 saturated carbocycles. The van der Waals surface area contributed by atoms with E-state index in [0.29, 0.717) is 30.2 Å². The van der Waals surface area contributed by atoms with Crippen molar-refractivity contribution in [3.05, 3.63) is 73.4 Å². The normalized spacial score (nSPS) is 23.2. The maximum Gasteiger partial charge on any atom is 0.412 e. The lowest BCUT2D eigenvalue weighted by molar-refractivity contribution is -0.150. The number of nitrogens with zero attached hydrogens (tertiary/aromatic N) is 2. The number of sulfonamides is 1. The molecule has 0 radical (unpaired) electrons. The molecule has 52 heavy (non-hydrogen) atoms. The molecule has 3 aliphatic rings. The lowest BCUT2D eigenvalue weighted by Crippen LogP contribution is -2.58. The van der Waals surface area contributed by atoms with Crippen LogP contribution in [-0.2, 0) is 29.1 Å². The first kappa shape index (κ1) is 36.6. The number of fused-ring (bicyclic) bond motifs is 1. The monoisotopic (exact) mass is 733 g/mol. The van der Waals surface area contributed by atoms with Crippen molar-refractivity contribution in [1.29, 1.82) is 0 Å². The fourth-order valence-corrected chi connectivity index (χ4v) is 7.84. The molecule has 2 heterocycles. The number of carbonyl (C=O) groups excluding carboxylic acids is 4. The first-order valence-corrected chi connectivity index (χ1v) is 18.6. The third-order valence-corrected chi connectivity index (χ3v) is 11.4. The van der Waals surface area contributed by atoms with Gasteiger partial charge in [0.25, 0.3) is 11.8 Å². The molecule has 3 aromatic rings. The average molecular weight is 734 g/mol. The van der Waals surface area contributed by atoms with Gasteiger partial charge < -0.3 is 24.4 Å². The SMILES string of the molecule is C=C[C@@H]1C[C@]1(NC(=O)[C@@H]1C[C@@H](Oc2nccc3ccccc23)CN1C(=O)[C@@H](OC(=O)Nc1ccccc1OC)C(C)(C)C)C(=O)NS(=O)(=O)C1CC1. The Hall–Kier alpha value is -5.18. The standard InChI is InChI=1S/C37H43N5O9S/c1-6-23-20-37(23,34(45)41-52(47,48)25-15-16-25)40-31(43)28-19-24(50-32-26-12-8-7-11-22(26)17-18-38-32)21-42(28)33(44)30(36(2,3)4)51-35(46)39-27-13-9-10-14-29(27)49-5/h6-14,17-18,23-25,28,30H,1,15-16,19-21H2,2-5H3,(H,39,46)(H,40,43)(H,41,45)/t23-,24-,28+,30-,37-/m1/s1. The third kappa shape index (κ3) is 7.54. The average Bonchev–Trinajstić information content (AvgIpc) is 4.03. The number of anilines is 1. The molecule has 0 bridgehead atoms. The van der Waals surface area contributed by atoms with Crippen LogP contribution in [0.5, 0.6) is 11.6 Å². The summed E-state index contributed by atoms with van der Waals surface area (Å²) in [7, 11) is -2.45. The van der Waals surface area contributed by atoms with E-state index in [-0.39, 0.29) is 19.4 Å². The Kier molecular flexibility index (Phi) is 9.92. The lowest BCUT2D eigenvalue weighted by atomic mass is 9.88. The van der Waals surface area contributed by atoms with Crippen LogP contribution in [0.3, 0.4) is 0 Å². The number of likely N-dealkylation sites (tertiary alicyclic amines) is 1. The van der Waals surface area contributed by atoms with E-state index in [2.05, 4.69) is 26.9 Å². The molecule has 15 heteroatoms. The summed E-state index contributed by atoms with van der Waals surface area (Å²) in [5.74, 6) is -2.05. The van der Waals surface area contributed by atoms with Gasteiger partial charge in [0.05, 0.1) is 24.6 Å². The number of nitrogens with one attached hydrogen (secondary N) is 3. The summed E-state index contributed by atoms with van der Waals surface area (Å²) in [6.07, 6.45) is 1.12. The summed E-state index contributed by atoms with van der Waals surface area (Å²) in [4.78, 5) is 61.1. The molecule has 0 unspecified atom stereocenters. The number of methoxy groups -OCH3 is 1. The maximum atomic E-state index is 14.5. The van der Waals surface area contributed by atoms with Crippen molar-refractivity contribution in [1.82, 2.24) is 19.9 Å². The zero-order chi connectivity index (χ0) is 37.4. The fourth-order valence-electron chi connectivity index (χ4n) is 6.48. The van der Waals surface area contributed by atoms with Crippen molar-refractivity contribution in [2.45, 2.75) is 75.5 Å². The summed E-state index contributed by atoms with van der Waals surface area (Å²) in [6, 6.07) is 14.9. The molecule has 2 aliphatic carbocycles. The topological polar surface area (TPSA) is 182 Å². The van der Waals surface area contributed by atoms with Crippen LogP contribution in [0.25, 0.3) is 10.8 Å². The second-order valence-corrected chi connectivity index (χ2v) is 16.4. The van der Waals surface area contributed by atoms with Crippen molar-refractivity contribution in [3.63, 3.8) is 0 Å². The van der Waals surface area contributed by atoms with E-state index in [4.69, 9.17) is 14.2 Å². The van der Waals surface area contributed by atoms with Crippen molar-refractivity contribution < 1.29 is 41.8 Å². The van der Waals surface area contributed by atoms with Crippen LogP contribution >= 0.6 is 0 Å². The van der Waals surface area contributed by atoms with Crippen LogP contribution in [0.15, 0.2) is 73.4 Å². The molecule has 14 nitrogen and oxygen atoms in total. The van der Waals surface area contributed by atoms with Crippen LogP contribution < -0.4 is 24.8 Å². The largest absolute Gasteiger partial charge is 0.495 e. The molecule has 1 saturated heterocycles. The first-order chi connectivity index (χ1) is 24.7. The number of aromatic nitrogens is 1. The summed E-state index contributed by atoms with van der Waals surface area (Å²) in [6.45, 7) is 8.86. The predicted octanol–water partition coefficient (Wildman–Crippen LogP) is 3.92. The van der Waals surface area contributed by atoms with Gasteiger partial charge in [0, 0.05) is 29.3 Å². The number of ether oxygens (including phenoxy) is 3. The Morgan fingerprint density at radius 2 is 1.77 bits per heavy atom. The Balaban J connectivity index is 1.27. The molecular formula is C37H43N5O9S. The van der Waals surface area contributed by atoms with Crippen molar-refractivity contribution in [2.75, 3.05) is 19.0 Å². The summed E-state index contributed by atoms with van der Waals surface area (Å²) >= 11 is 0. The number of pyridine rings is 1. The van der Waals surface area contributed by atoms with Gasteiger partial charge in [-0.15, -0.1) is 6.58 Å². The smallest absolute Gasteiger partial charge is 0.412 e. The third-order valence-electron chi connectivity index (χ3n) is 9.59. The number of amides is 4. The molecule has 4 amide bonds. The van der Waals surface area contributed by atoms with Crippen LogP contribution in [0.2, 0.25) is 0 Å². The highest BCUT2D eigenvalue weighted by Crippen LogP contribution is 2.45. The minimum atomic E-state index is -3.91. The first-order valence-electron chi connectivity index (χ1n) is 17.1. The second-order valence-electron chi connectivity index (χ2n) is 14.5. The van der Waals surface area contributed by atoms with Crippen LogP contribution in [-0.4, -0.2) is 84.8 Å². The number of rotatable bonds is 12. The Morgan fingerprint density at radius 1 is 1.06 bits per heavy atom. The quantitative estimate of drug-likeness (QED) is 0.231. The predicted molar refractivity (Wildman–Crippen MR) is 192 cm³/mol. The summed E-state index contributed by atoms with van der Waals surface area (Å²) in [5, 5.41) is 6.36. The zero-order valence-corrected chi connectivity index (χ0v) is 30.3. The second kappa shape index (κ2) is 14.1. The van der Waals surface area contributed by atoms with E-state index in [1.807, 2.05) is 30.3 Å². The number of carbonyl (C=O) groups is 4. The van der Waals surface area contributed by atoms with Crippen LogP contribution in [0, 0.1) is 11.3 Å². The van der Waals surface area contributed by atoms with Crippen LogP contribution in [0.4, 0.5) is 10.5 Å². The number of para-hydroxylation sites is 2. The molecule has 1 aliphatic heterocycles. The van der Waals surface area contributed by atoms with Gasteiger partial charge in [-0.1, -0.05) is 57.2 Å². The number of hydrogen-bond donors (Lipinski definition) is 3. The highest BCUT2D eigenvalue weighted by atomic mass is 32.2. The minimum absolute atomic E-state index is 0.00355. The molecule has 1 aromatic heterocycles. The lowest BCUT2D eigenvalue weighted by Gasteiger charge is -2.34. The van der Waals surface area contributed by atoms with Gasteiger partial charge in [0.2, 0.25) is 21.8 Å². The van der Waals surface area contributed by atoms with E-state index < -0.39 is 74.2 Å². The van der Waals surface area contributed by atoms with Crippen molar-refractivity contribution in [3.8, 4) is 11.6 Å². The highest BCUT2D eigenvalue weighted by molar-refractivity contribution is 7.91. The van der Waals surface area contributed by atoms with Gasteiger partial charge in [-0.3, -0.25) is 24.4 Å². The molecule has 3 N–H and O–H groups in total. The van der Waals surface area contributed by atoms with E-state index >= 15 is 0 Å². The molecule has 5 atom stereocenters. The van der Waals surface area contributed by atoms with E-state index in [0.717, 1.165) is 10.8 Å². The molecule has 0 spiro atoms. The summed E-state index contributed by atoms with van der Waals surface area (Å²) in [5.41, 5.74) is -2.17. The van der Waals surface area contributed by atoms with Gasteiger partial charge in [-0.25, -0.2) is 18.2 Å². The molecule has 6 rings (SSSR count). The van der Waals surface area contributed by atoms with Gasteiger partial charge >= 0.3 is 6.09 Å². The Labute approximate surface area is 302 Å². The van der Waals surface area contributed by atoms with E-state index in [1.165, 1.54) is 18.1 Å². The van der Waals surface area contributed by atoms with E-state index in [9.17, 15) is 27.6 Å². The highest BCUT2D eigenvalue weighted by Gasteiger charge is 2.62. The zero-order valence-electron chi connectivity index (χ0n) is 29.5. The summed E-state index contributed by atoms with van der Waals surface area (Å²) < 4.78 is 44.9. The van der Waals surface area contributed by atoms with Gasteiger partial charge in [0.1, 0.15) is 23.4 Å². The van der Waals surface area contributed by atoms with Gasteiger partial charge in [0.15, 0.2) is 6.10 Å². The van der Waals surface area contributed by atoms with Crippen molar-refractivity contribution >= 4 is 50.3 Å². The molecule has 276 valence electrons. The Bertz CT molecular complexity index is 2010. The van der Waals surface area contributed by atoms with Gasteiger partial charge in [-0.2, -0.15) is 0 Å². The number of benzene rings is 2. The van der Waals surface area contributed by atoms with Crippen molar-refractivity contribution in [2.24, 2.45) is 11.3 Å². The van der Waals surface area contributed by atoms with Gasteiger partial charge in [-0.05, 0) is 48.9 Å². The maximum absolute atomic E-state index is 14.5.